The zero-order valence-corrected chi connectivity index (χ0v) is 8.30. The topological polar surface area (TPSA) is 15.3 Å². The predicted molar refractivity (Wildman–Crippen MR) is 51.6 cm³/mol. The maximum atomic E-state index is 12.3. The van der Waals surface area contributed by atoms with Crippen LogP contribution in [0.25, 0.3) is 0 Å². The van der Waals surface area contributed by atoms with E-state index < -0.39 is 0 Å². The molecule has 0 aliphatic carbocycles. The molecule has 2 fully saturated rings. The Morgan fingerprint density at radius 1 is 1.31 bits per heavy atom. The Hall–Kier alpha value is -0.150. The highest BCUT2D eigenvalue weighted by Gasteiger charge is 2.39. The summed E-state index contributed by atoms with van der Waals surface area (Å²) in [6.07, 6.45) is 4.99. The highest BCUT2D eigenvalue weighted by molar-refractivity contribution is 4.96. The molecule has 2 nitrogen and oxygen atoms in total. The molecule has 0 spiro atoms. The summed E-state index contributed by atoms with van der Waals surface area (Å²) < 4.78 is 12.3. The second-order valence-corrected chi connectivity index (χ2v) is 4.27. The molecule has 0 radical (unpaired) electrons. The summed E-state index contributed by atoms with van der Waals surface area (Å²) in [5.41, 5.74) is 0. The van der Waals surface area contributed by atoms with E-state index in [1.54, 1.807) is 0 Å². The maximum Gasteiger partial charge on any atom is 0.102 e. The van der Waals surface area contributed by atoms with Gasteiger partial charge in [-0.25, -0.2) is 4.39 Å². The third-order valence-corrected chi connectivity index (χ3v) is 3.64. The van der Waals surface area contributed by atoms with Gasteiger partial charge in [0.25, 0.3) is 0 Å². The molecule has 0 saturated carbocycles. The fraction of sp³-hybridized carbons (Fsp3) is 1.00. The van der Waals surface area contributed by atoms with Crippen LogP contribution in [0.5, 0.6) is 0 Å². The smallest absolute Gasteiger partial charge is 0.102 e. The standard InChI is InChI=1S/C10H19FN2/c1-12-8-6-9-2-3-10(7-8)13(9)5-4-11/h8-10,12H,2-7H2,1H3. The Morgan fingerprint density at radius 2 is 1.92 bits per heavy atom. The predicted octanol–water partition coefficient (Wildman–Crippen LogP) is 1.17. The summed E-state index contributed by atoms with van der Waals surface area (Å²) in [7, 11) is 2.04. The molecule has 0 aromatic rings. The van der Waals surface area contributed by atoms with Gasteiger partial charge in [-0.15, -0.1) is 0 Å². The molecule has 2 saturated heterocycles. The first-order valence-corrected chi connectivity index (χ1v) is 5.34. The lowest BCUT2D eigenvalue weighted by Gasteiger charge is -2.38. The normalized spacial score (nSPS) is 39.7. The summed E-state index contributed by atoms with van der Waals surface area (Å²) in [5, 5.41) is 3.35. The molecule has 2 bridgehead atoms. The molecule has 2 rings (SSSR count). The zero-order chi connectivity index (χ0) is 9.26. The van der Waals surface area contributed by atoms with Crippen LogP contribution in [0.15, 0.2) is 0 Å². The number of piperidine rings is 1. The Balaban J connectivity index is 1.96. The van der Waals surface area contributed by atoms with E-state index in [0.717, 1.165) is 0 Å². The highest BCUT2D eigenvalue weighted by Crippen LogP contribution is 2.35. The zero-order valence-electron chi connectivity index (χ0n) is 8.30. The monoisotopic (exact) mass is 186 g/mol. The lowest BCUT2D eigenvalue weighted by atomic mass is 9.98. The van der Waals surface area contributed by atoms with E-state index in [0.29, 0.717) is 24.7 Å². The minimum Gasteiger partial charge on any atom is -0.317 e. The van der Waals surface area contributed by atoms with Gasteiger partial charge >= 0.3 is 0 Å². The first kappa shape index (κ1) is 9.41. The van der Waals surface area contributed by atoms with Gasteiger partial charge in [0.2, 0.25) is 0 Å². The van der Waals surface area contributed by atoms with Crippen molar-refractivity contribution in [3.63, 3.8) is 0 Å². The number of hydrogen-bond acceptors (Lipinski definition) is 2. The van der Waals surface area contributed by atoms with Gasteiger partial charge < -0.3 is 5.32 Å². The Morgan fingerprint density at radius 3 is 2.38 bits per heavy atom. The fourth-order valence-corrected chi connectivity index (χ4v) is 2.97. The SMILES string of the molecule is CNC1CC2CCC(C1)N2CCF. The van der Waals surface area contributed by atoms with Crippen LogP contribution in [0.3, 0.4) is 0 Å². The molecule has 3 heteroatoms. The number of halogens is 1. The Labute approximate surface area is 79.5 Å². The largest absolute Gasteiger partial charge is 0.317 e. The van der Waals surface area contributed by atoms with Crippen LogP contribution in [0, 0.1) is 0 Å². The number of nitrogens with one attached hydrogen (secondary N) is 1. The molecule has 1 N–H and O–H groups in total. The molecular formula is C10H19FN2. The molecule has 76 valence electrons. The molecule has 2 aliphatic rings. The summed E-state index contributed by atoms with van der Waals surface area (Å²) >= 11 is 0. The van der Waals surface area contributed by atoms with Gasteiger partial charge in [-0.2, -0.15) is 0 Å². The van der Waals surface area contributed by atoms with Crippen molar-refractivity contribution in [3.8, 4) is 0 Å². The Bertz CT molecular complexity index is 160. The van der Waals surface area contributed by atoms with Crippen LogP contribution < -0.4 is 5.32 Å². The second kappa shape index (κ2) is 3.93. The van der Waals surface area contributed by atoms with E-state index in [1.807, 2.05) is 7.05 Å². The van der Waals surface area contributed by atoms with Crippen LogP contribution in [0.2, 0.25) is 0 Å². The van der Waals surface area contributed by atoms with Crippen molar-refractivity contribution in [2.24, 2.45) is 0 Å². The molecule has 0 aromatic heterocycles. The van der Waals surface area contributed by atoms with Crippen LogP contribution in [0.1, 0.15) is 25.7 Å². The maximum absolute atomic E-state index is 12.3. The highest BCUT2D eigenvalue weighted by atomic mass is 19.1. The van der Waals surface area contributed by atoms with Gasteiger partial charge in [0.1, 0.15) is 6.67 Å². The second-order valence-electron chi connectivity index (χ2n) is 4.27. The molecule has 0 aromatic carbocycles. The van der Waals surface area contributed by atoms with Gasteiger partial charge in [0.15, 0.2) is 0 Å². The van der Waals surface area contributed by atoms with Gasteiger partial charge in [-0.3, -0.25) is 4.90 Å². The van der Waals surface area contributed by atoms with E-state index in [-0.39, 0.29) is 6.67 Å². The van der Waals surface area contributed by atoms with Crippen molar-refractivity contribution >= 4 is 0 Å². The molecule has 2 atom stereocenters. The summed E-state index contributed by atoms with van der Waals surface area (Å²) in [4.78, 5) is 2.38. The van der Waals surface area contributed by atoms with Gasteiger partial charge in [0, 0.05) is 24.7 Å². The third-order valence-electron chi connectivity index (χ3n) is 3.64. The molecule has 2 unspecified atom stereocenters. The van der Waals surface area contributed by atoms with Crippen LogP contribution in [-0.4, -0.2) is 43.3 Å². The molecule has 2 aliphatic heterocycles. The van der Waals surface area contributed by atoms with E-state index in [2.05, 4.69) is 10.2 Å². The first-order chi connectivity index (χ1) is 6.35. The van der Waals surface area contributed by atoms with Crippen LogP contribution in [-0.2, 0) is 0 Å². The number of hydrogen-bond donors (Lipinski definition) is 1. The third kappa shape index (κ3) is 1.72. The van der Waals surface area contributed by atoms with Crippen molar-refractivity contribution in [3.05, 3.63) is 0 Å². The molecule has 0 amide bonds. The molecule has 2 heterocycles. The van der Waals surface area contributed by atoms with Gasteiger partial charge in [-0.1, -0.05) is 0 Å². The lowest BCUT2D eigenvalue weighted by molar-refractivity contribution is 0.111. The average Bonchev–Trinajstić information content (AvgIpc) is 2.39. The van der Waals surface area contributed by atoms with E-state index in [9.17, 15) is 4.39 Å². The quantitative estimate of drug-likeness (QED) is 0.712. The summed E-state index contributed by atoms with van der Waals surface area (Å²) in [6.45, 7) is 0.475. The van der Waals surface area contributed by atoms with Crippen molar-refractivity contribution in [1.29, 1.82) is 0 Å². The molecular weight excluding hydrogens is 167 g/mol. The first-order valence-electron chi connectivity index (χ1n) is 5.34. The Kier molecular flexibility index (Phi) is 2.84. The van der Waals surface area contributed by atoms with E-state index in [4.69, 9.17) is 0 Å². The minimum absolute atomic E-state index is 0.183. The summed E-state index contributed by atoms with van der Waals surface area (Å²) in [6, 6.07) is 1.99. The van der Waals surface area contributed by atoms with Crippen LogP contribution >= 0.6 is 0 Å². The van der Waals surface area contributed by atoms with Gasteiger partial charge in [0.05, 0.1) is 0 Å². The van der Waals surface area contributed by atoms with Crippen LogP contribution in [0.4, 0.5) is 4.39 Å². The van der Waals surface area contributed by atoms with Crippen molar-refractivity contribution in [2.75, 3.05) is 20.3 Å². The fourth-order valence-electron chi connectivity index (χ4n) is 2.97. The average molecular weight is 186 g/mol. The molecule has 13 heavy (non-hydrogen) atoms. The number of nitrogens with zero attached hydrogens (tertiary/aromatic N) is 1. The minimum atomic E-state index is -0.183. The lowest BCUT2D eigenvalue weighted by Crippen LogP contribution is -2.48. The van der Waals surface area contributed by atoms with E-state index in [1.165, 1.54) is 25.7 Å². The van der Waals surface area contributed by atoms with E-state index >= 15 is 0 Å². The van der Waals surface area contributed by atoms with Crippen molar-refractivity contribution < 1.29 is 4.39 Å². The van der Waals surface area contributed by atoms with Crippen molar-refractivity contribution in [2.45, 2.75) is 43.8 Å². The summed E-state index contributed by atoms with van der Waals surface area (Å²) in [5.74, 6) is 0. The number of fused-ring (bicyclic) bond motifs is 2. The van der Waals surface area contributed by atoms with Crippen molar-refractivity contribution in [1.82, 2.24) is 10.2 Å². The number of rotatable bonds is 3. The van der Waals surface area contributed by atoms with Gasteiger partial charge in [-0.05, 0) is 32.7 Å². The number of alkyl halides is 1.